The van der Waals surface area contributed by atoms with Gasteiger partial charge in [0.15, 0.2) is 0 Å². The minimum absolute atomic E-state index is 0.0483. The molecule has 2 fully saturated rings. The van der Waals surface area contributed by atoms with Crippen LogP contribution in [0.2, 0.25) is 0 Å². The van der Waals surface area contributed by atoms with Crippen molar-refractivity contribution in [2.75, 3.05) is 33.3 Å². The van der Waals surface area contributed by atoms with Crippen LogP contribution in [0.3, 0.4) is 0 Å². The van der Waals surface area contributed by atoms with Crippen LogP contribution in [0.1, 0.15) is 56.3 Å². The third-order valence-electron chi connectivity index (χ3n) is 4.80. The lowest BCUT2D eigenvalue weighted by atomic mass is 9.84. The van der Waals surface area contributed by atoms with E-state index < -0.39 is 0 Å². The summed E-state index contributed by atoms with van der Waals surface area (Å²) in [6.45, 7) is 5.79. The zero-order chi connectivity index (χ0) is 14.7. The van der Waals surface area contributed by atoms with Crippen molar-refractivity contribution in [3.63, 3.8) is 0 Å². The molecule has 0 bridgehead atoms. The number of morpholine rings is 1. The van der Waals surface area contributed by atoms with Gasteiger partial charge in [-0.15, -0.1) is 0 Å². The highest BCUT2D eigenvalue weighted by Crippen LogP contribution is 2.33. The van der Waals surface area contributed by atoms with E-state index in [1.165, 1.54) is 19.3 Å². The summed E-state index contributed by atoms with van der Waals surface area (Å²) in [5.41, 5.74) is 0. The molecular weight excluding hydrogens is 268 g/mol. The maximum absolute atomic E-state index is 5.81. The third-order valence-corrected chi connectivity index (χ3v) is 4.80. The lowest BCUT2D eigenvalue weighted by Crippen LogP contribution is -2.38. The average Bonchev–Trinajstić information content (AvgIpc) is 3.04. The van der Waals surface area contributed by atoms with E-state index in [1.807, 2.05) is 7.05 Å². The second kappa shape index (κ2) is 6.85. The molecule has 3 unspecified atom stereocenters. The van der Waals surface area contributed by atoms with Gasteiger partial charge in [-0.3, -0.25) is 4.90 Å². The first-order valence-electron chi connectivity index (χ1n) is 8.16. The van der Waals surface area contributed by atoms with Crippen LogP contribution in [0.15, 0.2) is 4.52 Å². The fourth-order valence-corrected chi connectivity index (χ4v) is 3.45. The SMILES string of the molecule is CCN1CCOC(c2noc(C3CCCCC3NC)n2)C1. The topological polar surface area (TPSA) is 63.4 Å². The lowest BCUT2D eigenvalue weighted by Gasteiger charge is -2.30. The van der Waals surface area contributed by atoms with Crippen molar-refractivity contribution in [3.8, 4) is 0 Å². The van der Waals surface area contributed by atoms with Gasteiger partial charge in [-0.2, -0.15) is 4.98 Å². The van der Waals surface area contributed by atoms with Gasteiger partial charge < -0.3 is 14.6 Å². The molecule has 0 aromatic carbocycles. The smallest absolute Gasteiger partial charge is 0.231 e. The van der Waals surface area contributed by atoms with Crippen LogP contribution in [0.4, 0.5) is 0 Å². The molecule has 118 valence electrons. The molecule has 1 aliphatic heterocycles. The monoisotopic (exact) mass is 294 g/mol. The number of hydrogen-bond acceptors (Lipinski definition) is 6. The normalized spacial score (nSPS) is 31.4. The molecule has 0 radical (unpaired) electrons. The summed E-state index contributed by atoms with van der Waals surface area (Å²) in [6.07, 6.45) is 4.78. The van der Waals surface area contributed by atoms with E-state index in [0.717, 1.165) is 38.6 Å². The number of likely N-dealkylation sites (N-methyl/N-ethyl adjacent to an activating group) is 2. The summed E-state index contributed by atoms with van der Waals surface area (Å²) in [5, 5.41) is 7.58. The van der Waals surface area contributed by atoms with Crippen molar-refractivity contribution in [3.05, 3.63) is 11.7 Å². The van der Waals surface area contributed by atoms with E-state index in [2.05, 4.69) is 27.3 Å². The fraction of sp³-hybridized carbons (Fsp3) is 0.867. The first-order valence-corrected chi connectivity index (χ1v) is 8.16. The summed E-state index contributed by atoms with van der Waals surface area (Å²) in [6, 6.07) is 0.450. The molecule has 2 heterocycles. The van der Waals surface area contributed by atoms with Gasteiger partial charge in [-0.25, -0.2) is 0 Å². The molecule has 1 aliphatic carbocycles. The molecular formula is C15H26N4O2. The largest absolute Gasteiger partial charge is 0.367 e. The predicted octanol–water partition coefficient (Wildman–Crippen LogP) is 1.71. The maximum atomic E-state index is 5.81. The molecule has 0 spiro atoms. The van der Waals surface area contributed by atoms with Crippen LogP contribution in [0.5, 0.6) is 0 Å². The Labute approximate surface area is 126 Å². The summed E-state index contributed by atoms with van der Waals surface area (Å²) in [4.78, 5) is 7.02. The number of nitrogens with one attached hydrogen (secondary N) is 1. The number of hydrogen-bond donors (Lipinski definition) is 1. The van der Waals surface area contributed by atoms with Gasteiger partial charge in [0, 0.05) is 19.1 Å². The van der Waals surface area contributed by atoms with Crippen molar-refractivity contribution < 1.29 is 9.26 Å². The number of ether oxygens (including phenoxy) is 1. The van der Waals surface area contributed by atoms with Gasteiger partial charge in [0.2, 0.25) is 11.7 Å². The van der Waals surface area contributed by atoms with Crippen LogP contribution in [0, 0.1) is 0 Å². The Bertz CT molecular complexity index is 451. The van der Waals surface area contributed by atoms with Crippen LogP contribution in [-0.2, 0) is 4.74 Å². The van der Waals surface area contributed by atoms with E-state index in [4.69, 9.17) is 9.26 Å². The summed E-state index contributed by atoms with van der Waals surface area (Å²) in [7, 11) is 2.02. The Kier molecular flexibility index (Phi) is 4.87. The first kappa shape index (κ1) is 14.9. The summed E-state index contributed by atoms with van der Waals surface area (Å²) >= 11 is 0. The molecule has 1 aromatic rings. The highest BCUT2D eigenvalue weighted by atomic mass is 16.5. The molecule has 3 rings (SSSR count). The van der Waals surface area contributed by atoms with Crippen LogP contribution < -0.4 is 5.32 Å². The summed E-state index contributed by atoms with van der Waals surface area (Å²) in [5.74, 6) is 1.83. The van der Waals surface area contributed by atoms with Crippen molar-refractivity contribution in [2.24, 2.45) is 0 Å². The minimum atomic E-state index is -0.0483. The van der Waals surface area contributed by atoms with Gasteiger partial charge >= 0.3 is 0 Å². The number of rotatable bonds is 4. The molecule has 1 N–H and O–H groups in total. The Morgan fingerprint density at radius 1 is 1.33 bits per heavy atom. The minimum Gasteiger partial charge on any atom is -0.367 e. The molecule has 0 amide bonds. The van der Waals surface area contributed by atoms with E-state index >= 15 is 0 Å². The molecule has 2 aliphatic rings. The number of aromatic nitrogens is 2. The van der Waals surface area contributed by atoms with E-state index in [1.54, 1.807) is 0 Å². The molecule has 1 saturated heterocycles. The highest BCUT2D eigenvalue weighted by Gasteiger charge is 2.32. The van der Waals surface area contributed by atoms with Gasteiger partial charge in [-0.1, -0.05) is 24.9 Å². The fourth-order valence-electron chi connectivity index (χ4n) is 3.45. The lowest BCUT2D eigenvalue weighted by molar-refractivity contribution is -0.0334. The third kappa shape index (κ3) is 3.27. The van der Waals surface area contributed by atoms with Gasteiger partial charge in [-0.05, 0) is 26.4 Å². The van der Waals surface area contributed by atoms with Crippen LogP contribution >= 0.6 is 0 Å². The molecule has 6 nitrogen and oxygen atoms in total. The molecule has 1 aromatic heterocycles. The standard InChI is InChI=1S/C15H26N4O2/c1-3-19-8-9-20-13(10-19)14-17-15(21-18-14)11-6-4-5-7-12(11)16-2/h11-13,16H,3-10H2,1-2H3. The van der Waals surface area contributed by atoms with E-state index in [0.29, 0.717) is 17.8 Å². The van der Waals surface area contributed by atoms with Crippen molar-refractivity contribution in [1.29, 1.82) is 0 Å². The Morgan fingerprint density at radius 2 is 2.19 bits per heavy atom. The Hall–Kier alpha value is -0.980. The predicted molar refractivity (Wildman–Crippen MR) is 79.2 cm³/mol. The van der Waals surface area contributed by atoms with E-state index in [-0.39, 0.29) is 6.10 Å². The quantitative estimate of drug-likeness (QED) is 0.912. The second-order valence-electron chi connectivity index (χ2n) is 6.03. The maximum Gasteiger partial charge on any atom is 0.231 e. The summed E-state index contributed by atoms with van der Waals surface area (Å²) < 4.78 is 11.4. The highest BCUT2D eigenvalue weighted by molar-refractivity contribution is 5.03. The second-order valence-corrected chi connectivity index (χ2v) is 6.03. The van der Waals surface area contributed by atoms with Crippen LogP contribution in [0.25, 0.3) is 0 Å². The Morgan fingerprint density at radius 3 is 3.00 bits per heavy atom. The van der Waals surface area contributed by atoms with Crippen molar-refractivity contribution in [1.82, 2.24) is 20.4 Å². The molecule has 1 saturated carbocycles. The van der Waals surface area contributed by atoms with Gasteiger partial charge in [0.25, 0.3) is 0 Å². The Balaban J connectivity index is 1.70. The number of nitrogens with zero attached hydrogens (tertiary/aromatic N) is 3. The van der Waals surface area contributed by atoms with Gasteiger partial charge in [0.1, 0.15) is 6.10 Å². The molecule has 6 heteroatoms. The molecule has 3 atom stereocenters. The average molecular weight is 294 g/mol. The molecule has 21 heavy (non-hydrogen) atoms. The van der Waals surface area contributed by atoms with Crippen LogP contribution in [-0.4, -0.2) is 54.4 Å². The zero-order valence-corrected chi connectivity index (χ0v) is 13.0. The first-order chi connectivity index (χ1) is 10.3. The van der Waals surface area contributed by atoms with Crippen molar-refractivity contribution >= 4 is 0 Å². The van der Waals surface area contributed by atoms with Gasteiger partial charge in [0.05, 0.1) is 12.5 Å². The zero-order valence-electron chi connectivity index (χ0n) is 13.0. The van der Waals surface area contributed by atoms with Crippen molar-refractivity contribution in [2.45, 2.75) is 50.7 Å². The van der Waals surface area contributed by atoms with E-state index in [9.17, 15) is 0 Å².